The van der Waals surface area contributed by atoms with Gasteiger partial charge in [-0.25, -0.2) is 0 Å². The van der Waals surface area contributed by atoms with E-state index in [1.54, 1.807) is 0 Å². The van der Waals surface area contributed by atoms with Crippen LogP contribution in [0.4, 0.5) is 0 Å². The summed E-state index contributed by atoms with van der Waals surface area (Å²) in [6.45, 7) is 0. The predicted molar refractivity (Wildman–Crippen MR) is 69.8 cm³/mol. The molecule has 0 bridgehead atoms. The van der Waals surface area contributed by atoms with Gasteiger partial charge in [-0.1, -0.05) is 60.7 Å². The standard InChI is InChI=1S/C15H15Cl/c16-15(14-9-5-2-6-10-14)12-11-13-7-3-1-4-8-13/h1-10,15H,11-12H2/t15-/m0/s1. The first-order chi connectivity index (χ1) is 7.86. The van der Waals surface area contributed by atoms with Crippen molar-refractivity contribution in [2.45, 2.75) is 18.2 Å². The minimum Gasteiger partial charge on any atom is -0.118 e. The molecule has 0 saturated carbocycles. The molecule has 2 aromatic carbocycles. The maximum absolute atomic E-state index is 6.36. The Bertz CT molecular complexity index is 408. The van der Waals surface area contributed by atoms with Gasteiger partial charge in [0.25, 0.3) is 0 Å². The van der Waals surface area contributed by atoms with Crippen LogP contribution in [0.25, 0.3) is 0 Å². The Balaban J connectivity index is 1.92. The highest BCUT2D eigenvalue weighted by Gasteiger charge is 2.06. The lowest BCUT2D eigenvalue weighted by atomic mass is 10.0. The summed E-state index contributed by atoms with van der Waals surface area (Å²) in [5.74, 6) is 0. The Labute approximate surface area is 102 Å². The van der Waals surface area contributed by atoms with Crippen molar-refractivity contribution in [3.8, 4) is 0 Å². The summed E-state index contributed by atoms with van der Waals surface area (Å²) in [6, 6.07) is 20.7. The van der Waals surface area contributed by atoms with E-state index in [9.17, 15) is 0 Å². The van der Waals surface area contributed by atoms with Crippen LogP contribution >= 0.6 is 11.6 Å². The molecule has 0 N–H and O–H groups in total. The highest BCUT2D eigenvalue weighted by molar-refractivity contribution is 6.20. The zero-order valence-corrected chi connectivity index (χ0v) is 9.90. The molecule has 0 saturated heterocycles. The molecule has 1 heteroatoms. The van der Waals surface area contributed by atoms with Crippen LogP contribution in [0.3, 0.4) is 0 Å². The first-order valence-corrected chi connectivity index (χ1v) is 6.03. The lowest BCUT2D eigenvalue weighted by Crippen LogP contribution is -1.93. The minimum absolute atomic E-state index is 0.112. The summed E-state index contributed by atoms with van der Waals surface area (Å²) < 4.78 is 0. The second kappa shape index (κ2) is 5.72. The second-order valence-electron chi connectivity index (χ2n) is 3.90. The maximum Gasteiger partial charge on any atom is 0.0588 e. The molecule has 0 aliphatic heterocycles. The third-order valence-electron chi connectivity index (χ3n) is 2.69. The van der Waals surface area contributed by atoms with Crippen molar-refractivity contribution in [2.75, 3.05) is 0 Å². The van der Waals surface area contributed by atoms with Crippen LogP contribution in [0, 0.1) is 0 Å². The molecule has 0 radical (unpaired) electrons. The summed E-state index contributed by atoms with van der Waals surface area (Å²) in [7, 11) is 0. The van der Waals surface area contributed by atoms with Gasteiger partial charge in [0.15, 0.2) is 0 Å². The van der Waals surface area contributed by atoms with E-state index < -0.39 is 0 Å². The number of rotatable bonds is 4. The van der Waals surface area contributed by atoms with Crippen LogP contribution in [0.1, 0.15) is 22.9 Å². The van der Waals surface area contributed by atoms with Crippen molar-refractivity contribution < 1.29 is 0 Å². The van der Waals surface area contributed by atoms with E-state index in [-0.39, 0.29) is 5.38 Å². The van der Waals surface area contributed by atoms with E-state index in [4.69, 9.17) is 11.6 Å². The van der Waals surface area contributed by atoms with Crippen LogP contribution in [-0.2, 0) is 6.42 Å². The molecule has 0 nitrogen and oxygen atoms in total. The average molecular weight is 231 g/mol. The summed E-state index contributed by atoms with van der Waals surface area (Å²) in [5, 5.41) is 0.112. The normalized spacial score (nSPS) is 12.3. The minimum atomic E-state index is 0.112. The molecule has 0 aromatic heterocycles. The fourth-order valence-corrected chi connectivity index (χ4v) is 2.02. The molecule has 0 amide bonds. The molecular formula is C15H15Cl. The molecule has 82 valence electrons. The van der Waals surface area contributed by atoms with Gasteiger partial charge in [0.1, 0.15) is 0 Å². The molecule has 16 heavy (non-hydrogen) atoms. The van der Waals surface area contributed by atoms with Crippen LogP contribution in [0.15, 0.2) is 60.7 Å². The van der Waals surface area contributed by atoms with Gasteiger partial charge >= 0.3 is 0 Å². The quantitative estimate of drug-likeness (QED) is 0.674. The number of alkyl halides is 1. The molecule has 2 aromatic rings. The number of benzene rings is 2. The van der Waals surface area contributed by atoms with Crippen LogP contribution in [0.2, 0.25) is 0 Å². The van der Waals surface area contributed by atoms with Gasteiger partial charge in [0, 0.05) is 0 Å². The van der Waals surface area contributed by atoms with Crippen molar-refractivity contribution >= 4 is 11.6 Å². The zero-order chi connectivity index (χ0) is 11.2. The van der Waals surface area contributed by atoms with Crippen LogP contribution in [0.5, 0.6) is 0 Å². The lowest BCUT2D eigenvalue weighted by Gasteiger charge is -2.09. The highest BCUT2D eigenvalue weighted by atomic mass is 35.5. The Kier molecular flexibility index (Phi) is 4.01. The van der Waals surface area contributed by atoms with Crippen molar-refractivity contribution in [1.82, 2.24) is 0 Å². The number of hydrogen-bond acceptors (Lipinski definition) is 0. The third kappa shape index (κ3) is 3.11. The Hall–Kier alpha value is -1.27. The van der Waals surface area contributed by atoms with Gasteiger partial charge in [-0.3, -0.25) is 0 Å². The Morgan fingerprint density at radius 1 is 0.812 bits per heavy atom. The summed E-state index contributed by atoms with van der Waals surface area (Å²) in [5.41, 5.74) is 2.56. The summed E-state index contributed by atoms with van der Waals surface area (Å²) >= 11 is 6.36. The Morgan fingerprint density at radius 3 is 2.00 bits per heavy atom. The smallest absolute Gasteiger partial charge is 0.0588 e. The van der Waals surface area contributed by atoms with Crippen LogP contribution < -0.4 is 0 Å². The number of halogens is 1. The van der Waals surface area contributed by atoms with E-state index in [1.165, 1.54) is 11.1 Å². The Morgan fingerprint density at radius 2 is 1.38 bits per heavy atom. The monoisotopic (exact) mass is 230 g/mol. The van der Waals surface area contributed by atoms with Gasteiger partial charge in [-0.05, 0) is 24.0 Å². The fraction of sp³-hybridized carbons (Fsp3) is 0.200. The third-order valence-corrected chi connectivity index (χ3v) is 3.16. The van der Waals surface area contributed by atoms with Crippen molar-refractivity contribution in [3.63, 3.8) is 0 Å². The highest BCUT2D eigenvalue weighted by Crippen LogP contribution is 2.25. The maximum atomic E-state index is 6.36. The molecule has 0 heterocycles. The molecular weight excluding hydrogens is 216 g/mol. The van der Waals surface area contributed by atoms with E-state index in [2.05, 4.69) is 36.4 Å². The fourth-order valence-electron chi connectivity index (χ4n) is 1.77. The van der Waals surface area contributed by atoms with Crippen molar-refractivity contribution in [3.05, 3.63) is 71.8 Å². The van der Waals surface area contributed by atoms with Gasteiger partial charge in [-0.2, -0.15) is 0 Å². The van der Waals surface area contributed by atoms with E-state index in [1.807, 2.05) is 24.3 Å². The molecule has 0 aliphatic rings. The van der Waals surface area contributed by atoms with Crippen molar-refractivity contribution in [1.29, 1.82) is 0 Å². The van der Waals surface area contributed by atoms with E-state index >= 15 is 0 Å². The summed E-state index contributed by atoms with van der Waals surface area (Å²) in [4.78, 5) is 0. The zero-order valence-electron chi connectivity index (χ0n) is 9.14. The van der Waals surface area contributed by atoms with E-state index in [0.29, 0.717) is 0 Å². The lowest BCUT2D eigenvalue weighted by molar-refractivity contribution is 0.794. The molecule has 1 atom stereocenters. The molecule has 0 aliphatic carbocycles. The number of aryl methyl sites for hydroxylation is 1. The molecule has 0 fully saturated rings. The van der Waals surface area contributed by atoms with Gasteiger partial charge in [0.05, 0.1) is 5.38 Å². The first-order valence-electron chi connectivity index (χ1n) is 5.59. The SMILES string of the molecule is Cl[C@@H](CCc1ccccc1)c1ccccc1. The average Bonchev–Trinajstić information content (AvgIpc) is 2.38. The van der Waals surface area contributed by atoms with Crippen LogP contribution in [-0.4, -0.2) is 0 Å². The van der Waals surface area contributed by atoms with Gasteiger partial charge < -0.3 is 0 Å². The van der Waals surface area contributed by atoms with Crippen molar-refractivity contribution in [2.24, 2.45) is 0 Å². The second-order valence-corrected chi connectivity index (χ2v) is 4.43. The van der Waals surface area contributed by atoms with E-state index in [0.717, 1.165) is 12.8 Å². The first kappa shape index (κ1) is 11.2. The largest absolute Gasteiger partial charge is 0.118 e. The van der Waals surface area contributed by atoms with Gasteiger partial charge in [0.2, 0.25) is 0 Å². The number of hydrogen-bond donors (Lipinski definition) is 0. The van der Waals surface area contributed by atoms with Gasteiger partial charge in [-0.15, -0.1) is 11.6 Å². The topological polar surface area (TPSA) is 0 Å². The molecule has 2 rings (SSSR count). The molecule has 0 spiro atoms. The predicted octanol–water partition coefficient (Wildman–Crippen LogP) is 4.60. The summed E-state index contributed by atoms with van der Waals surface area (Å²) in [6.07, 6.45) is 2.01. The molecule has 0 unspecified atom stereocenters.